The highest BCUT2D eigenvalue weighted by Gasteiger charge is 2.12. The fourth-order valence-electron chi connectivity index (χ4n) is 2.63. The van der Waals surface area contributed by atoms with Gasteiger partial charge in [-0.25, -0.2) is 0 Å². The number of aromatic nitrogens is 1. The number of nitriles is 1. The first-order chi connectivity index (χ1) is 12.1. The summed E-state index contributed by atoms with van der Waals surface area (Å²) < 4.78 is 5.20. The second-order valence-electron chi connectivity index (χ2n) is 5.67. The number of benzene rings is 2. The second kappa shape index (κ2) is 7.02. The number of pyridine rings is 1. The monoisotopic (exact) mass is 331 g/mol. The molecule has 0 aliphatic heterocycles. The first kappa shape index (κ1) is 16.5. The number of carbonyl (C=O) groups is 1. The van der Waals surface area contributed by atoms with Crippen LogP contribution in [0, 0.1) is 18.3 Å². The Labute approximate surface area is 145 Å². The predicted octanol–water partition coefficient (Wildman–Crippen LogP) is 3.35. The summed E-state index contributed by atoms with van der Waals surface area (Å²) in [7, 11) is 1.61. The number of carbonyl (C=O) groups excluding carboxylic acids is 1. The first-order valence-electron chi connectivity index (χ1n) is 7.83. The maximum absolute atomic E-state index is 12.5. The molecule has 0 bridgehead atoms. The van der Waals surface area contributed by atoms with Gasteiger partial charge in [0.25, 0.3) is 5.91 Å². The van der Waals surface area contributed by atoms with E-state index < -0.39 is 0 Å². The minimum atomic E-state index is -0.190. The Hall–Kier alpha value is -3.39. The van der Waals surface area contributed by atoms with Crippen LogP contribution < -0.4 is 10.1 Å². The third-order valence-corrected chi connectivity index (χ3v) is 3.97. The van der Waals surface area contributed by atoms with Crippen LogP contribution in [0.25, 0.3) is 10.9 Å². The van der Waals surface area contributed by atoms with Gasteiger partial charge in [-0.1, -0.05) is 12.1 Å². The van der Waals surface area contributed by atoms with Crippen LogP contribution in [-0.4, -0.2) is 18.0 Å². The Morgan fingerprint density at radius 2 is 2.08 bits per heavy atom. The van der Waals surface area contributed by atoms with Gasteiger partial charge in [-0.15, -0.1) is 0 Å². The molecule has 0 atom stereocenters. The van der Waals surface area contributed by atoms with Crippen molar-refractivity contribution in [2.75, 3.05) is 7.11 Å². The van der Waals surface area contributed by atoms with Crippen molar-refractivity contribution >= 4 is 16.8 Å². The summed E-state index contributed by atoms with van der Waals surface area (Å²) in [5, 5.41) is 12.7. The van der Waals surface area contributed by atoms with Crippen molar-refractivity contribution < 1.29 is 9.53 Å². The molecule has 25 heavy (non-hydrogen) atoms. The van der Waals surface area contributed by atoms with E-state index in [1.165, 1.54) is 0 Å². The molecule has 0 aliphatic carbocycles. The molecule has 0 fully saturated rings. The Balaban J connectivity index is 1.81. The molecule has 1 heterocycles. The average molecular weight is 331 g/mol. The maximum Gasteiger partial charge on any atom is 0.253 e. The SMILES string of the molecule is COc1ccc2cc(C(=O)NCc3cccc(C#N)c3)c(C)nc2c1. The summed E-state index contributed by atoms with van der Waals surface area (Å²) in [6.45, 7) is 2.17. The van der Waals surface area contributed by atoms with Gasteiger partial charge < -0.3 is 10.1 Å². The summed E-state index contributed by atoms with van der Waals surface area (Å²) in [6, 6.07) is 16.7. The number of hydrogen-bond donors (Lipinski definition) is 1. The average Bonchev–Trinajstić information content (AvgIpc) is 2.65. The lowest BCUT2D eigenvalue weighted by molar-refractivity contribution is 0.0950. The summed E-state index contributed by atoms with van der Waals surface area (Å²) in [5.41, 5.74) is 3.43. The number of aryl methyl sites for hydroxylation is 1. The zero-order valence-electron chi connectivity index (χ0n) is 14.0. The number of hydrogen-bond acceptors (Lipinski definition) is 4. The van der Waals surface area contributed by atoms with Crippen LogP contribution in [0.5, 0.6) is 5.75 Å². The lowest BCUT2D eigenvalue weighted by Gasteiger charge is -2.10. The number of nitrogens with one attached hydrogen (secondary N) is 1. The summed E-state index contributed by atoms with van der Waals surface area (Å²) in [6.07, 6.45) is 0. The van der Waals surface area contributed by atoms with Gasteiger partial charge in [0.2, 0.25) is 0 Å². The van der Waals surface area contributed by atoms with E-state index in [-0.39, 0.29) is 5.91 Å². The van der Waals surface area contributed by atoms with Gasteiger partial charge in [-0.3, -0.25) is 9.78 Å². The molecule has 5 heteroatoms. The Kier molecular flexibility index (Phi) is 4.62. The van der Waals surface area contributed by atoms with Crippen LogP contribution in [0.3, 0.4) is 0 Å². The van der Waals surface area contributed by atoms with E-state index in [2.05, 4.69) is 16.4 Å². The molecular weight excluding hydrogens is 314 g/mol. The Bertz CT molecular complexity index is 990. The molecule has 3 rings (SSSR count). The van der Waals surface area contributed by atoms with Crippen molar-refractivity contribution in [2.45, 2.75) is 13.5 Å². The quantitative estimate of drug-likeness (QED) is 0.795. The van der Waals surface area contributed by atoms with Gasteiger partial charge in [-0.2, -0.15) is 5.26 Å². The minimum Gasteiger partial charge on any atom is -0.497 e. The molecule has 0 saturated heterocycles. The molecule has 2 aromatic carbocycles. The van der Waals surface area contributed by atoms with Crippen molar-refractivity contribution in [3.63, 3.8) is 0 Å². The van der Waals surface area contributed by atoms with Crippen LogP contribution in [-0.2, 0) is 6.54 Å². The van der Waals surface area contributed by atoms with E-state index in [1.54, 1.807) is 25.3 Å². The highest BCUT2D eigenvalue weighted by Crippen LogP contribution is 2.21. The third-order valence-electron chi connectivity index (χ3n) is 3.97. The highest BCUT2D eigenvalue weighted by molar-refractivity contribution is 5.98. The standard InChI is InChI=1S/C20H17N3O2/c1-13-18(9-16-6-7-17(25-2)10-19(16)23-13)20(24)22-12-15-5-3-4-14(8-15)11-21/h3-10H,12H2,1-2H3,(H,22,24). The Morgan fingerprint density at radius 1 is 1.24 bits per heavy atom. The van der Waals surface area contributed by atoms with Gasteiger partial charge in [0.15, 0.2) is 0 Å². The molecule has 0 radical (unpaired) electrons. The van der Waals surface area contributed by atoms with Crippen LogP contribution in [0.2, 0.25) is 0 Å². The fraction of sp³-hybridized carbons (Fsp3) is 0.150. The minimum absolute atomic E-state index is 0.190. The van der Waals surface area contributed by atoms with Crippen LogP contribution in [0.1, 0.15) is 27.2 Å². The number of nitrogens with zero attached hydrogens (tertiary/aromatic N) is 2. The maximum atomic E-state index is 12.5. The van der Waals surface area contributed by atoms with Crippen molar-refractivity contribution in [2.24, 2.45) is 0 Å². The lowest BCUT2D eigenvalue weighted by atomic mass is 10.1. The number of ether oxygens (including phenoxy) is 1. The van der Waals surface area contributed by atoms with Crippen molar-refractivity contribution in [1.82, 2.24) is 10.3 Å². The van der Waals surface area contributed by atoms with Crippen LogP contribution in [0.15, 0.2) is 48.5 Å². The molecular formula is C20H17N3O2. The van der Waals surface area contributed by atoms with Crippen LogP contribution in [0.4, 0.5) is 0 Å². The van der Waals surface area contributed by atoms with Crippen molar-refractivity contribution in [3.8, 4) is 11.8 Å². The van der Waals surface area contributed by atoms with E-state index in [1.807, 2.05) is 37.3 Å². The molecule has 5 nitrogen and oxygen atoms in total. The van der Waals surface area contributed by atoms with E-state index in [9.17, 15) is 4.79 Å². The molecule has 0 unspecified atom stereocenters. The van der Waals surface area contributed by atoms with Crippen LogP contribution >= 0.6 is 0 Å². The third kappa shape index (κ3) is 3.59. The van der Waals surface area contributed by atoms with Gasteiger partial charge in [-0.05, 0) is 42.8 Å². The molecule has 0 aliphatic rings. The lowest BCUT2D eigenvalue weighted by Crippen LogP contribution is -2.24. The van der Waals surface area contributed by atoms with Gasteiger partial charge in [0.1, 0.15) is 5.75 Å². The zero-order valence-corrected chi connectivity index (χ0v) is 14.0. The summed E-state index contributed by atoms with van der Waals surface area (Å²) in [5.74, 6) is 0.541. The molecule has 1 N–H and O–H groups in total. The van der Waals surface area contributed by atoms with Crippen molar-refractivity contribution in [3.05, 3.63) is 70.9 Å². The molecule has 0 saturated carbocycles. The normalized spacial score (nSPS) is 10.3. The summed E-state index contributed by atoms with van der Waals surface area (Å²) in [4.78, 5) is 17.0. The van der Waals surface area contributed by atoms with E-state index in [0.29, 0.717) is 23.4 Å². The van der Waals surface area contributed by atoms with E-state index in [0.717, 1.165) is 22.2 Å². The smallest absolute Gasteiger partial charge is 0.253 e. The molecule has 1 amide bonds. The van der Waals surface area contributed by atoms with Gasteiger partial charge in [0, 0.05) is 18.0 Å². The molecule has 3 aromatic rings. The molecule has 124 valence electrons. The topological polar surface area (TPSA) is 75.0 Å². The van der Waals surface area contributed by atoms with E-state index >= 15 is 0 Å². The Morgan fingerprint density at radius 3 is 2.84 bits per heavy atom. The largest absolute Gasteiger partial charge is 0.497 e. The second-order valence-corrected chi connectivity index (χ2v) is 5.67. The molecule has 0 spiro atoms. The number of rotatable bonds is 4. The fourth-order valence-corrected chi connectivity index (χ4v) is 2.63. The van der Waals surface area contributed by atoms with Gasteiger partial charge >= 0.3 is 0 Å². The van der Waals surface area contributed by atoms with Gasteiger partial charge in [0.05, 0.1) is 35.5 Å². The number of methoxy groups -OCH3 is 1. The molecule has 1 aromatic heterocycles. The highest BCUT2D eigenvalue weighted by atomic mass is 16.5. The van der Waals surface area contributed by atoms with E-state index in [4.69, 9.17) is 10.00 Å². The zero-order chi connectivity index (χ0) is 17.8. The predicted molar refractivity (Wildman–Crippen MR) is 95.4 cm³/mol. The van der Waals surface area contributed by atoms with Crippen molar-refractivity contribution in [1.29, 1.82) is 5.26 Å². The number of amides is 1. The first-order valence-corrected chi connectivity index (χ1v) is 7.83. The number of fused-ring (bicyclic) bond motifs is 1. The summed E-state index contributed by atoms with van der Waals surface area (Å²) >= 11 is 0.